The van der Waals surface area contributed by atoms with Gasteiger partial charge >= 0.3 is 0 Å². The molecule has 0 saturated carbocycles. The molecule has 0 unspecified atom stereocenters. The van der Waals surface area contributed by atoms with E-state index in [1.807, 2.05) is 6.07 Å². The molecule has 286 valence electrons. The summed E-state index contributed by atoms with van der Waals surface area (Å²) in [5.74, 6) is 0.715. The molecule has 0 radical (unpaired) electrons. The molecule has 0 amide bonds. The molecular formula is C59H40N2. The maximum atomic E-state index is 5.29. The Morgan fingerprint density at radius 2 is 0.918 bits per heavy atom. The summed E-state index contributed by atoms with van der Waals surface area (Å²) in [4.78, 5) is 10.5. The summed E-state index contributed by atoms with van der Waals surface area (Å²) >= 11 is 0. The van der Waals surface area contributed by atoms with Gasteiger partial charge in [-0.25, -0.2) is 9.97 Å². The minimum absolute atomic E-state index is 0.0584. The molecule has 2 heteroatoms. The van der Waals surface area contributed by atoms with Gasteiger partial charge in [-0.2, -0.15) is 0 Å². The fraction of sp³-hybridized carbons (Fsp3) is 0.0508. The molecule has 0 atom stereocenters. The van der Waals surface area contributed by atoms with Crippen LogP contribution in [0.3, 0.4) is 0 Å². The van der Waals surface area contributed by atoms with Crippen LogP contribution in [0.4, 0.5) is 0 Å². The van der Waals surface area contributed by atoms with Crippen LogP contribution in [0.1, 0.15) is 25.0 Å². The predicted molar refractivity (Wildman–Crippen MR) is 257 cm³/mol. The number of rotatable bonds is 5. The number of aromatic nitrogens is 2. The zero-order valence-electron chi connectivity index (χ0n) is 34.0. The minimum atomic E-state index is -0.0584. The van der Waals surface area contributed by atoms with Crippen molar-refractivity contribution in [3.05, 3.63) is 217 Å². The van der Waals surface area contributed by atoms with E-state index in [9.17, 15) is 0 Å². The molecule has 0 fully saturated rings. The molecule has 0 bridgehead atoms. The Balaban J connectivity index is 0.985. The second-order valence-corrected chi connectivity index (χ2v) is 16.9. The number of benzene rings is 10. The molecule has 10 aromatic carbocycles. The lowest BCUT2D eigenvalue weighted by Gasteiger charge is -2.21. The number of hydrogen-bond acceptors (Lipinski definition) is 2. The summed E-state index contributed by atoms with van der Waals surface area (Å²) in [5.41, 5.74) is 15.1. The first-order valence-corrected chi connectivity index (χ1v) is 21.1. The fourth-order valence-corrected chi connectivity index (χ4v) is 10.1. The molecule has 1 aliphatic rings. The van der Waals surface area contributed by atoms with Gasteiger partial charge in [-0.15, -0.1) is 0 Å². The first-order chi connectivity index (χ1) is 30.0. The van der Waals surface area contributed by atoms with Crippen molar-refractivity contribution < 1.29 is 0 Å². The standard InChI is InChI=1S/C59H40N2/c1-59(2)53-23-13-12-22-48(53)52-35-42(29-33-54(52)59)55-36-56(61-58(60-55)40-15-4-3-5-16-40)49-32-31-44(46-20-10-11-21-47(46)49)38-24-26-39(27-25-38)57-45-19-9-7-17-41(45)34-51-43-18-8-6-14-37(43)28-30-50(51)57/h3-36H,1-2H3. The van der Waals surface area contributed by atoms with Crippen molar-refractivity contribution in [2.75, 3.05) is 0 Å². The van der Waals surface area contributed by atoms with Gasteiger partial charge in [0.1, 0.15) is 0 Å². The van der Waals surface area contributed by atoms with Crippen LogP contribution < -0.4 is 0 Å². The van der Waals surface area contributed by atoms with Gasteiger partial charge in [0.05, 0.1) is 11.4 Å². The lowest BCUT2D eigenvalue weighted by Crippen LogP contribution is -2.14. The Morgan fingerprint density at radius 1 is 0.311 bits per heavy atom. The molecule has 12 rings (SSSR count). The van der Waals surface area contributed by atoms with Crippen LogP contribution in [0.5, 0.6) is 0 Å². The summed E-state index contributed by atoms with van der Waals surface area (Å²) < 4.78 is 0. The van der Waals surface area contributed by atoms with Crippen LogP contribution in [-0.2, 0) is 5.41 Å². The molecule has 11 aromatic rings. The van der Waals surface area contributed by atoms with Gasteiger partial charge in [0.2, 0.25) is 0 Å². The normalized spacial score (nSPS) is 12.9. The van der Waals surface area contributed by atoms with E-state index in [2.05, 4.69) is 214 Å². The number of hydrogen-bond donors (Lipinski definition) is 0. The van der Waals surface area contributed by atoms with Crippen molar-refractivity contribution in [2.45, 2.75) is 19.3 Å². The van der Waals surface area contributed by atoms with E-state index < -0.39 is 0 Å². The molecule has 0 N–H and O–H groups in total. The summed E-state index contributed by atoms with van der Waals surface area (Å²) in [6.07, 6.45) is 0. The first-order valence-electron chi connectivity index (χ1n) is 21.1. The SMILES string of the molecule is CC1(C)c2ccccc2-c2cc(-c3cc(-c4ccc(-c5ccc(-c6c7ccccc7cc7c6ccc6ccccc67)cc5)c5ccccc45)nc(-c4ccccc4)n3)ccc21. The maximum absolute atomic E-state index is 5.29. The lowest BCUT2D eigenvalue weighted by molar-refractivity contribution is 0.660. The lowest BCUT2D eigenvalue weighted by atomic mass is 9.82. The fourth-order valence-electron chi connectivity index (χ4n) is 10.1. The average molecular weight is 777 g/mol. The Morgan fingerprint density at radius 3 is 1.74 bits per heavy atom. The van der Waals surface area contributed by atoms with E-state index in [4.69, 9.17) is 9.97 Å². The van der Waals surface area contributed by atoms with Crippen molar-refractivity contribution in [1.82, 2.24) is 9.97 Å². The quantitative estimate of drug-likeness (QED) is 0.128. The highest BCUT2D eigenvalue weighted by molar-refractivity contribution is 6.20. The average Bonchev–Trinajstić information content (AvgIpc) is 3.55. The van der Waals surface area contributed by atoms with E-state index in [1.54, 1.807) is 0 Å². The first kappa shape index (κ1) is 35.3. The number of fused-ring (bicyclic) bond motifs is 8. The smallest absolute Gasteiger partial charge is 0.160 e. The molecule has 0 spiro atoms. The third-order valence-electron chi connectivity index (χ3n) is 13.1. The van der Waals surface area contributed by atoms with Crippen molar-refractivity contribution >= 4 is 43.1 Å². The van der Waals surface area contributed by atoms with Gasteiger partial charge in [-0.1, -0.05) is 202 Å². The molecule has 61 heavy (non-hydrogen) atoms. The molecule has 1 heterocycles. The van der Waals surface area contributed by atoms with Gasteiger partial charge in [-0.05, 0) is 106 Å². The Hall–Kier alpha value is -7.68. The largest absolute Gasteiger partial charge is 0.228 e. The second kappa shape index (κ2) is 13.7. The zero-order valence-corrected chi connectivity index (χ0v) is 34.0. The van der Waals surface area contributed by atoms with Crippen molar-refractivity contribution in [3.8, 4) is 67.3 Å². The summed E-state index contributed by atoms with van der Waals surface area (Å²) in [7, 11) is 0. The molecular weight excluding hydrogens is 737 g/mol. The monoisotopic (exact) mass is 776 g/mol. The third-order valence-corrected chi connectivity index (χ3v) is 13.1. The van der Waals surface area contributed by atoms with Crippen molar-refractivity contribution in [1.29, 1.82) is 0 Å². The highest BCUT2D eigenvalue weighted by Crippen LogP contribution is 2.50. The van der Waals surface area contributed by atoms with Gasteiger partial charge in [0, 0.05) is 22.1 Å². The van der Waals surface area contributed by atoms with Crippen LogP contribution in [0, 0.1) is 0 Å². The van der Waals surface area contributed by atoms with Crippen LogP contribution in [0.25, 0.3) is 110 Å². The van der Waals surface area contributed by atoms with Gasteiger partial charge in [0.15, 0.2) is 5.82 Å². The summed E-state index contributed by atoms with van der Waals surface area (Å²) in [6.45, 7) is 4.65. The Labute approximate surface area is 355 Å². The highest BCUT2D eigenvalue weighted by Gasteiger charge is 2.35. The molecule has 0 saturated heterocycles. The molecule has 0 aliphatic heterocycles. The van der Waals surface area contributed by atoms with Gasteiger partial charge in [-0.3, -0.25) is 0 Å². The number of nitrogens with zero attached hydrogens (tertiary/aromatic N) is 2. The molecule has 1 aromatic heterocycles. The van der Waals surface area contributed by atoms with Crippen LogP contribution in [0.2, 0.25) is 0 Å². The van der Waals surface area contributed by atoms with Crippen LogP contribution >= 0.6 is 0 Å². The highest BCUT2D eigenvalue weighted by atomic mass is 14.9. The van der Waals surface area contributed by atoms with Gasteiger partial charge in [0.25, 0.3) is 0 Å². The van der Waals surface area contributed by atoms with Crippen LogP contribution in [0.15, 0.2) is 206 Å². The van der Waals surface area contributed by atoms with Crippen molar-refractivity contribution in [3.63, 3.8) is 0 Å². The minimum Gasteiger partial charge on any atom is -0.228 e. The van der Waals surface area contributed by atoms with E-state index in [0.717, 1.165) is 33.5 Å². The van der Waals surface area contributed by atoms with E-state index in [0.29, 0.717) is 5.82 Å². The van der Waals surface area contributed by atoms with Gasteiger partial charge < -0.3 is 0 Å². The second-order valence-electron chi connectivity index (χ2n) is 16.9. The Kier molecular flexibility index (Phi) is 7.92. The van der Waals surface area contributed by atoms with E-state index >= 15 is 0 Å². The molecule has 2 nitrogen and oxygen atoms in total. The zero-order chi connectivity index (χ0) is 40.7. The predicted octanol–water partition coefficient (Wildman–Crippen LogP) is 15.7. The summed E-state index contributed by atoms with van der Waals surface area (Å²) in [5, 5.41) is 9.95. The summed E-state index contributed by atoms with van der Waals surface area (Å²) in [6, 6.07) is 75.0. The maximum Gasteiger partial charge on any atom is 0.160 e. The van der Waals surface area contributed by atoms with E-state index in [1.165, 1.54) is 82.2 Å². The van der Waals surface area contributed by atoms with Crippen LogP contribution in [-0.4, -0.2) is 9.97 Å². The topological polar surface area (TPSA) is 25.8 Å². The Bertz CT molecular complexity index is 3540. The molecule has 1 aliphatic carbocycles. The third kappa shape index (κ3) is 5.64. The van der Waals surface area contributed by atoms with Crippen molar-refractivity contribution in [2.24, 2.45) is 0 Å². The van der Waals surface area contributed by atoms with E-state index in [-0.39, 0.29) is 5.41 Å².